The van der Waals surface area contributed by atoms with Crippen molar-refractivity contribution < 1.29 is 21.6 Å². The van der Waals surface area contributed by atoms with Gasteiger partial charge in [0.1, 0.15) is 6.07 Å². The third-order valence-corrected chi connectivity index (χ3v) is 5.17. The van der Waals surface area contributed by atoms with E-state index < -0.39 is 31.2 Å². The molecular weight excluding hydrogens is 317 g/mol. The summed E-state index contributed by atoms with van der Waals surface area (Å²) in [4.78, 5) is -0.544. The van der Waals surface area contributed by atoms with Crippen molar-refractivity contribution in [2.24, 2.45) is 0 Å². The van der Waals surface area contributed by atoms with Crippen LogP contribution in [0.15, 0.2) is 35.4 Å². The molecule has 0 saturated carbocycles. The lowest BCUT2D eigenvalue weighted by molar-refractivity contribution is -0.137. The summed E-state index contributed by atoms with van der Waals surface area (Å²) in [6.45, 7) is 4.29. The molecular formula is C14H15F3N2O2S. The number of benzene rings is 1. The molecule has 0 fully saturated rings. The molecule has 0 heterocycles. The monoisotopic (exact) mass is 332 g/mol. The first-order chi connectivity index (χ1) is 9.89. The van der Waals surface area contributed by atoms with Crippen molar-refractivity contribution in [3.05, 3.63) is 40.9 Å². The highest BCUT2D eigenvalue weighted by Gasteiger charge is 2.33. The van der Waals surface area contributed by atoms with Gasteiger partial charge in [-0.3, -0.25) is 0 Å². The van der Waals surface area contributed by atoms with Gasteiger partial charge in [0.15, 0.2) is 14.7 Å². The molecule has 0 aliphatic heterocycles. The third-order valence-electron chi connectivity index (χ3n) is 2.77. The topological polar surface area (TPSA) is 70.0 Å². The van der Waals surface area contributed by atoms with Crippen LogP contribution in [0.5, 0.6) is 0 Å². The minimum atomic E-state index is -4.50. The first kappa shape index (κ1) is 18.0. The zero-order chi connectivity index (χ0) is 17.2. The number of hydrogen-bond acceptors (Lipinski definition) is 4. The highest BCUT2D eigenvalue weighted by Crippen LogP contribution is 2.31. The van der Waals surface area contributed by atoms with Crippen molar-refractivity contribution in [3.8, 4) is 6.07 Å². The summed E-state index contributed by atoms with van der Waals surface area (Å²) in [6, 6.07) is 5.80. The van der Waals surface area contributed by atoms with E-state index in [0.29, 0.717) is 0 Å². The zero-order valence-corrected chi connectivity index (χ0v) is 13.0. The Balaban J connectivity index is 3.13. The third kappa shape index (κ3) is 4.01. The van der Waals surface area contributed by atoms with Crippen molar-refractivity contribution in [2.45, 2.75) is 31.7 Å². The van der Waals surface area contributed by atoms with E-state index in [9.17, 15) is 21.6 Å². The molecule has 0 saturated heterocycles. The normalized spacial score (nSPS) is 13.6. The van der Waals surface area contributed by atoms with E-state index >= 15 is 0 Å². The smallest absolute Gasteiger partial charge is 0.360 e. The summed E-state index contributed by atoms with van der Waals surface area (Å²) in [6.07, 6.45) is -3.60. The molecule has 0 aromatic heterocycles. The van der Waals surface area contributed by atoms with Crippen LogP contribution in [-0.2, 0) is 16.0 Å². The minimum Gasteiger partial charge on any atom is -0.360 e. The Labute approximate surface area is 127 Å². The summed E-state index contributed by atoms with van der Waals surface area (Å²) in [5.41, 5.74) is -0.838. The number of nitrogens with one attached hydrogen (secondary N) is 1. The van der Waals surface area contributed by atoms with Gasteiger partial charge in [0.25, 0.3) is 0 Å². The average Bonchev–Trinajstić information content (AvgIpc) is 2.37. The molecule has 1 rings (SSSR count). The number of halogens is 3. The van der Waals surface area contributed by atoms with E-state index in [1.165, 1.54) is 32.9 Å². The second kappa shape index (κ2) is 6.01. The molecule has 0 radical (unpaired) electrons. The van der Waals surface area contributed by atoms with Gasteiger partial charge in [0, 0.05) is 11.9 Å². The van der Waals surface area contributed by atoms with E-state index in [1.807, 2.05) is 0 Å². The van der Waals surface area contributed by atoms with E-state index in [2.05, 4.69) is 5.32 Å². The number of rotatable bonds is 3. The largest absolute Gasteiger partial charge is 0.416 e. The number of anilines is 1. The zero-order valence-electron chi connectivity index (χ0n) is 12.2. The molecule has 0 spiro atoms. The second-order valence-electron chi connectivity index (χ2n) is 5.46. The Morgan fingerprint density at radius 1 is 1.27 bits per heavy atom. The summed E-state index contributed by atoms with van der Waals surface area (Å²) in [5, 5.41) is 11.4. The number of nitriles is 1. The van der Waals surface area contributed by atoms with E-state index in [1.54, 1.807) is 6.07 Å². The molecule has 0 bridgehead atoms. The fraction of sp³-hybridized carbons (Fsp3) is 0.357. The van der Waals surface area contributed by atoms with Crippen LogP contribution in [0.3, 0.4) is 0 Å². The maximum absolute atomic E-state index is 12.6. The van der Waals surface area contributed by atoms with Crippen LogP contribution in [-0.4, -0.2) is 13.2 Å². The Kier molecular flexibility index (Phi) is 4.92. The summed E-state index contributed by atoms with van der Waals surface area (Å²) >= 11 is 0. The molecule has 0 unspecified atom stereocenters. The average molecular weight is 332 g/mol. The van der Waals surface area contributed by atoms with Gasteiger partial charge in [-0.15, -0.1) is 0 Å². The predicted octanol–water partition coefficient (Wildman–Crippen LogP) is 3.70. The van der Waals surface area contributed by atoms with Crippen LogP contribution >= 0.6 is 0 Å². The van der Waals surface area contributed by atoms with Crippen molar-refractivity contribution in [2.75, 3.05) is 5.32 Å². The molecule has 120 valence electrons. The Morgan fingerprint density at radius 3 is 2.32 bits per heavy atom. The number of alkyl halides is 3. The van der Waals surface area contributed by atoms with Gasteiger partial charge in [0.05, 0.1) is 10.3 Å². The van der Waals surface area contributed by atoms with Crippen LogP contribution in [0, 0.1) is 11.3 Å². The molecule has 0 amide bonds. The quantitative estimate of drug-likeness (QED) is 0.857. The first-order valence-electron chi connectivity index (χ1n) is 6.18. The molecule has 0 aliphatic rings. The van der Waals surface area contributed by atoms with Crippen molar-refractivity contribution >= 4 is 15.5 Å². The Morgan fingerprint density at radius 2 is 1.86 bits per heavy atom. The summed E-state index contributed by atoms with van der Waals surface area (Å²) < 4.78 is 60.8. The van der Waals surface area contributed by atoms with Crippen LogP contribution in [0.25, 0.3) is 0 Å². The molecule has 1 aromatic carbocycles. The fourth-order valence-electron chi connectivity index (χ4n) is 1.43. The molecule has 1 aromatic rings. The van der Waals surface area contributed by atoms with Crippen LogP contribution < -0.4 is 5.32 Å². The lowest BCUT2D eigenvalue weighted by atomic mass is 10.2. The minimum absolute atomic E-state index is 0.0340. The summed E-state index contributed by atoms with van der Waals surface area (Å²) in [7, 11) is -3.88. The van der Waals surface area contributed by atoms with Gasteiger partial charge < -0.3 is 5.32 Å². The van der Waals surface area contributed by atoms with Gasteiger partial charge in [-0.25, -0.2) is 8.42 Å². The number of hydrogen-bond donors (Lipinski definition) is 1. The van der Waals surface area contributed by atoms with E-state index in [0.717, 1.165) is 18.3 Å². The summed E-state index contributed by atoms with van der Waals surface area (Å²) in [5.74, 6) is 0. The first-order valence-corrected chi connectivity index (χ1v) is 7.66. The maximum Gasteiger partial charge on any atom is 0.416 e. The molecule has 0 aliphatic carbocycles. The number of sulfone groups is 1. The van der Waals surface area contributed by atoms with Gasteiger partial charge >= 0.3 is 6.18 Å². The molecule has 0 atom stereocenters. The lowest BCUT2D eigenvalue weighted by Gasteiger charge is -2.18. The van der Waals surface area contributed by atoms with Gasteiger partial charge in [-0.05, 0) is 39.0 Å². The highest BCUT2D eigenvalue weighted by atomic mass is 32.2. The standard InChI is InChI=1S/C14H15F3N2O2S/c1-13(2,3)22(20,21)12(8-18)9-19-11-6-4-5-10(7-11)14(15,16)17/h4-7,9,19H,1-3H3. The SMILES string of the molecule is CC(C)(C)S(=O)(=O)C(C#N)=CNc1cccc(C(F)(F)F)c1. The van der Waals surface area contributed by atoms with E-state index in [-0.39, 0.29) is 5.69 Å². The van der Waals surface area contributed by atoms with Gasteiger partial charge in [-0.2, -0.15) is 18.4 Å². The van der Waals surface area contributed by atoms with Crippen LogP contribution in [0.1, 0.15) is 26.3 Å². The Hall–Kier alpha value is -2.01. The maximum atomic E-state index is 12.6. The Bertz CT molecular complexity index is 724. The number of allylic oxidation sites excluding steroid dienone is 1. The van der Waals surface area contributed by atoms with Crippen LogP contribution in [0.4, 0.5) is 18.9 Å². The number of nitrogens with zero attached hydrogens (tertiary/aromatic N) is 1. The van der Waals surface area contributed by atoms with Crippen molar-refractivity contribution in [1.29, 1.82) is 5.26 Å². The molecule has 4 nitrogen and oxygen atoms in total. The predicted molar refractivity (Wildman–Crippen MR) is 77.4 cm³/mol. The van der Waals surface area contributed by atoms with Crippen molar-refractivity contribution in [3.63, 3.8) is 0 Å². The second-order valence-corrected chi connectivity index (χ2v) is 8.13. The fourth-order valence-corrected chi connectivity index (χ4v) is 2.43. The van der Waals surface area contributed by atoms with Gasteiger partial charge in [-0.1, -0.05) is 6.07 Å². The lowest BCUT2D eigenvalue weighted by Crippen LogP contribution is -2.29. The molecule has 1 N–H and O–H groups in total. The molecule has 8 heteroatoms. The van der Waals surface area contributed by atoms with Crippen molar-refractivity contribution in [1.82, 2.24) is 0 Å². The van der Waals surface area contributed by atoms with Crippen LogP contribution in [0.2, 0.25) is 0 Å². The van der Waals surface area contributed by atoms with E-state index in [4.69, 9.17) is 5.26 Å². The molecule has 22 heavy (non-hydrogen) atoms. The van der Waals surface area contributed by atoms with Gasteiger partial charge in [0.2, 0.25) is 0 Å². The highest BCUT2D eigenvalue weighted by molar-refractivity contribution is 7.96.